The van der Waals surface area contributed by atoms with Gasteiger partial charge in [0.15, 0.2) is 17.3 Å². The minimum Gasteiger partial charge on any atom is -0.489 e. The molecule has 0 saturated heterocycles. The molecule has 2 aromatic rings. The van der Waals surface area contributed by atoms with Crippen LogP contribution < -0.4 is 20.5 Å². The number of nitrogens with one attached hydrogen (secondary N) is 1. The number of furan rings is 1. The molecule has 6 heteroatoms. The monoisotopic (exact) mass is 288 g/mol. The maximum absolute atomic E-state index is 12.2. The Morgan fingerprint density at radius 2 is 1.95 bits per heavy atom. The summed E-state index contributed by atoms with van der Waals surface area (Å²) in [7, 11) is 0. The molecule has 3 N–H and O–H groups in total. The summed E-state index contributed by atoms with van der Waals surface area (Å²) in [5.74, 6) is 1.09. The molecule has 6 nitrogen and oxygen atoms in total. The number of carbonyl (C=O) groups is 1. The topological polar surface area (TPSA) is 86.7 Å². The van der Waals surface area contributed by atoms with Gasteiger partial charge in [-0.2, -0.15) is 0 Å². The second kappa shape index (κ2) is 5.40. The van der Waals surface area contributed by atoms with Crippen LogP contribution in [0.4, 0.5) is 11.4 Å². The van der Waals surface area contributed by atoms with Gasteiger partial charge in [-0.05, 0) is 13.0 Å². The lowest BCUT2D eigenvalue weighted by atomic mass is 10.2. The number of hydrogen-bond donors (Lipinski definition) is 2. The summed E-state index contributed by atoms with van der Waals surface area (Å²) < 4.78 is 16.3. The third kappa shape index (κ3) is 2.65. The molecule has 0 aliphatic carbocycles. The summed E-state index contributed by atoms with van der Waals surface area (Å²) in [5.41, 5.74) is 7.60. The van der Waals surface area contributed by atoms with Gasteiger partial charge in [0.05, 0.1) is 30.9 Å². The van der Waals surface area contributed by atoms with Crippen LogP contribution in [0.25, 0.3) is 0 Å². The summed E-state index contributed by atoms with van der Waals surface area (Å²) >= 11 is 0. The van der Waals surface area contributed by atoms with Crippen LogP contribution in [0.2, 0.25) is 0 Å². The van der Waals surface area contributed by atoms with Crippen LogP contribution in [-0.2, 0) is 0 Å². The van der Waals surface area contributed by atoms with E-state index in [0.29, 0.717) is 36.1 Å². The van der Waals surface area contributed by atoms with Crippen LogP contribution in [0.3, 0.4) is 0 Å². The Bertz CT molecular complexity index is 678. The number of anilines is 2. The summed E-state index contributed by atoms with van der Waals surface area (Å²) in [6.45, 7) is 2.96. The fourth-order valence-electron chi connectivity index (χ4n) is 2.12. The lowest BCUT2D eigenvalue weighted by molar-refractivity contribution is 0.0996. The number of fused-ring (bicyclic) bond motifs is 1. The SMILES string of the molecule is Cc1ccoc1C(=O)Nc1cc2c(cc1N)OCCCO2. The molecule has 3 rings (SSSR count). The van der Waals surface area contributed by atoms with E-state index < -0.39 is 0 Å². The van der Waals surface area contributed by atoms with Gasteiger partial charge in [0, 0.05) is 24.1 Å². The van der Waals surface area contributed by atoms with E-state index in [2.05, 4.69) is 5.32 Å². The summed E-state index contributed by atoms with van der Waals surface area (Å²) in [6, 6.07) is 5.06. The predicted octanol–water partition coefficient (Wildman–Crippen LogP) is 2.58. The molecule has 1 aliphatic heterocycles. The van der Waals surface area contributed by atoms with Crippen molar-refractivity contribution in [2.75, 3.05) is 24.3 Å². The third-order valence-electron chi connectivity index (χ3n) is 3.24. The lowest BCUT2D eigenvalue weighted by Gasteiger charge is -2.12. The van der Waals surface area contributed by atoms with Crippen molar-refractivity contribution in [3.05, 3.63) is 35.8 Å². The molecule has 0 bridgehead atoms. The van der Waals surface area contributed by atoms with Crippen molar-refractivity contribution in [3.8, 4) is 11.5 Å². The Labute approximate surface area is 121 Å². The van der Waals surface area contributed by atoms with Gasteiger partial charge in [-0.15, -0.1) is 0 Å². The first kappa shape index (κ1) is 13.4. The van der Waals surface area contributed by atoms with Crippen LogP contribution in [0.15, 0.2) is 28.9 Å². The quantitative estimate of drug-likeness (QED) is 0.829. The molecule has 1 aliphatic rings. The Morgan fingerprint density at radius 3 is 2.62 bits per heavy atom. The summed E-state index contributed by atoms with van der Waals surface area (Å²) in [6.07, 6.45) is 2.28. The molecule has 1 amide bonds. The van der Waals surface area contributed by atoms with Gasteiger partial charge in [-0.3, -0.25) is 4.79 Å². The number of carbonyl (C=O) groups excluding carboxylic acids is 1. The summed E-state index contributed by atoms with van der Waals surface area (Å²) in [4.78, 5) is 12.2. The zero-order chi connectivity index (χ0) is 14.8. The highest BCUT2D eigenvalue weighted by Gasteiger charge is 2.18. The van der Waals surface area contributed by atoms with E-state index in [1.165, 1.54) is 6.26 Å². The predicted molar refractivity (Wildman–Crippen MR) is 77.9 cm³/mol. The molecule has 0 spiro atoms. The van der Waals surface area contributed by atoms with Crippen LogP contribution in [-0.4, -0.2) is 19.1 Å². The fraction of sp³-hybridized carbons (Fsp3) is 0.267. The van der Waals surface area contributed by atoms with Gasteiger partial charge in [0.2, 0.25) is 0 Å². The number of amides is 1. The molecule has 21 heavy (non-hydrogen) atoms. The smallest absolute Gasteiger partial charge is 0.291 e. The van der Waals surface area contributed by atoms with Gasteiger partial charge < -0.3 is 24.9 Å². The number of nitrogens with two attached hydrogens (primary N) is 1. The maximum Gasteiger partial charge on any atom is 0.291 e. The Morgan fingerprint density at radius 1 is 1.24 bits per heavy atom. The van der Waals surface area contributed by atoms with Crippen LogP contribution in [0, 0.1) is 6.92 Å². The highest BCUT2D eigenvalue weighted by molar-refractivity contribution is 6.05. The van der Waals surface area contributed by atoms with Crippen molar-refractivity contribution in [3.63, 3.8) is 0 Å². The third-order valence-corrected chi connectivity index (χ3v) is 3.24. The van der Waals surface area contributed by atoms with Gasteiger partial charge in [0.25, 0.3) is 5.91 Å². The first-order chi connectivity index (χ1) is 10.1. The average Bonchev–Trinajstić information content (AvgIpc) is 2.75. The van der Waals surface area contributed by atoms with Crippen LogP contribution in [0.1, 0.15) is 22.5 Å². The highest BCUT2D eigenvalue weighted by atomic mass is 16.5. The van der Waals surface area contributed by atoms with E-state index in [9.17, 15) is 4.79 Å². The van der Waals surface area contributed by atoms with Gasteiger partial charge in [0.1, 0.15) is 0 Å². The lowest BCUT2D eigenvalue weighted by Crippen LogP contribution is -2.13. The standard InChI is InChI=1S/C15H16N2O4/c1-9-3-6-21-14(9)15(18)17-11-8-13-12(7-10(11)16)19-4-2-5-20-13/h3,6-8H,2,4-5,16H2,1H3,(H,17,18). The van der Waals surface area contributed by atoms with E-state index in [1.54, 1.807) is 25.1 Å². The Balaban J connectivity index is 1.87. The molecule has 1 aromatic carbocycles. The second-order valence-corrected chi connectivity index (χ2v) is 4.82. The van der Waals surface area contributed by atoms with Crippen molar-refractivity contribution in [1.29, 1.82) is 0 Å². The normalized spacial score (nSPS) is 13.6. The molecule has 110 valence electrons. The molecule has 0 fully saturated rings. The zero-order valence-electron chi connectivity index (χ0n) is 11.6. The van der Waals surface area contributed by atoms with E-state index in [4.69, 9.17) is 19.6 Å². The van der Waals surface area contributed by atoms with Crippen molar-refractivity contribution >= 4 is 17.3 Å². The second-order valence-electron chi connectivity index (χ2n) is 4.82. The van der Waals surface area contributed by atoms with Crippen LogP contribution >= 0.6 is 0 Å². The number of ether oxygens (including phenoxy) is 2. The molecule has 0 radical (unpaired) electrons. The Kier molecular flexibility index (Phi) is 3.43. The van der Waals surface area contributed by atoms with Crippen molar-refractivity contribution in [2.45, 2.75) is 13.3 Å². The maximum atomic E-state index is 12.2. The van der Waals surface area contributed by atoms with E-state index in [-0.39, 0.29) is 11.7 Å². The molecule has 1 aromatic heterocycles. The van der Waals surface area contributed by atoms with Crippen molar-refractivity contribution < 1.29 is 18.7 Å². The van der Waals surface area contributed by atoms with Gasteiger partial charge in [-0.25, -0.2) is 0 Å². The first-order valence-electron chi connectivity index (χ1n) is 6.69. The number of aryl methyl sites for hydroxylation is 1. The number of benzene rings is 1. The number of nitrogen functional groups attached to an aromatic ring is 1. The van der Waals surface area contributed by atoms with Crippen LogP contribution in [0.5, 0.6) is 11.5 Å². The molecular weight excluding hydrogens is 272 g/mol. The zero-order valence-corrected chi connectivity index (χ0v) is 11.6. The largest absolute Gasteiger partial charge is 0.489 e. The van der Waals surface area contributed by atoms with E-state index in [0.717, 1.165) is 12.0 Å². The summed E-state index contributed by atoms with van der Waals surface area (Å²) in [5, 5.41) is 2.73. The Hall–Kier alpha value is -2.63. The first-order valence-corrected chi connectivity index (χ1v) is 6.69. The van der Waals surface area contributed by atoms with Crippen molar-refractivity contribution in [2.24, 2.45) is 0 Å². The minimum atomic E-state index is -0.348. The number of rotatable bonds is 2. The van der Waals surface area contributed by atoms with E-state index in [1.807, 2.05) is 0 Å². The molecular formula is C15H16N2O4. The molecule has 0 unspecified atom stereocenters. The average molecular weight is 288 g/mol. The molecule has 0 saturated carbocycles. The fourth-order valence-corrected chi connectivity index (χ4v) is 2.12. The van der Waals surface area contributed by atoms with Gasteiger partial charge in [-0.1, -0.05) is 0 Å². The number of hydrogen-bond acceptors (Lipinski definition) is 5. The molecule has 0 atom stereocenters. The minimum absolute atomic E-state index is 0.265. The highest BCUT2D eigenvalue weighted by Crippen LogP contribution is 2.36. The van der Waals surface area contributed by atoms with Crippen molar-refractivity contribution in [1.82, 2.24) is 0 Å². The molecule has 2 heterocycles. The van der Waals surface area contributed by atoms with E-state index >= 15 is 0 Å². The van der Waals surface area contributed by atoms with Gasteiger partial charge >= 0.3 is 0 Å².